The molecule has 1 aliphatic heterocycles. The van der Waals surface area contributed by atoms with Gasteiger partial charge in [0.05, 0.1) is 25.6 Å². The third kappa shape index (κ3) is 19.1. The quantitative estimate of drug-likeness (QED) is 0.0377. The number of imidazole rings is 1. The van der Waals surface area contributed by atoms with Crippen molar-refractivity contribution in [3.63, 3.8) is 0 Å². The fourth-order valence-corrected chi connectivity index (χ4v) is 9.55. The highest BCUT2D eigenvalue weighted by Gasteiger charge is 2.50. The van der Waals surface area contributed by atoms with Crippen LogP contribution >= 0.6 is 35.2 Å². The summed E-state index contributed by atoms with van der Waals surface area (Å²) in [5.41, 5.74) is 4.22. The Morgan fingerprint density at radius 2 is 1.59 bits per heavy atom. The van der Waals surface area contributed by atoms with E-state index in [9.17, 15) is 67.8 Å². The van der Waals surface area contributed by atoms with Crippen LogP contribution in [0.25, 0.3) is 11.2 Å². The molecule has 1 saturated heterocycles. The van der Waals surface area contributed by atoms with Crippen molar-refractivity contribution in [1.82, 2.24) is 30.2 Å². The summed E-state index contributed by atoms with van der Waals surface area (Å²) >= 11 is 1.02. The number of phosphoric ester groups is 3. The zero-order valence-corrected chi connectivity index (χ0v) is 38.3. The number of hydrogen-bond donors (Lipinski definition) is 11. The van der Waals surface area contributed by atoms with E-state index in [0.717, 1.165) is 48.2 Å². The summed E-state index contributed by atoms with van der Waals surface area (Å²) in [5.74, 6) is -2.07. The topological polar surface area (TPSA) is 421 Å². The van der Waals surface area contributed by atoms with Gasteiger partial charge in [0, 0.05) is 43.5 Å². The van der Waals surface area contributed by atoms with Crippen LogP contribution in [0.15, 0.2) is 12.7 Å². The number of anilines is 1. The first-order chi connectivity index (χ1) is 29.8. The molecule has 2 aromatic rings. The van der Waals surface area contributed by atoms with E-state index in [1.807, 2.05) is 0 Å². The van der Waals surface area contributed by atoms with Gasteiger partial charge in [-0.1, -0.05) is 44.9 Å². The number of phosphoric acid groups is 3. The molecule has 364 valence electrons. The Morgan fingerprint density at radius 1 is 0.922 bits per heavy atom. The lowest BCUT2D eigenvalue weighted by Gasteiger charge is -2.30. The smallest absolute Gasteiger partial charge is 0.481 e. The number of amides is 2. The molecule has 0 saturated carbocycles. The van der Waals surface area contributed by atoms with Crippen LogP contribution in [0, 0.1) is 5.41 Å². The van der Waals surface area contributed by atoms with Crippen molar-refractivity contribution in [1.29, 1.82) is 0 Å². The molecule has 1 aliphatic rings. The number of rotatable bonds is 30. The molecule has 2 amide bonds. The maximum Gasteiger partial charge on any atom is 0.481 e. The van der Waals surface area contributed by atoms with Crippen molar-refractivity contribution in [2.24, 2.45) is 5.41 Å². The van der Waals surface area contributed by atoms with Crippen molar-refractivity contribution in [3.05, 3.63) is 12.7 Å². The number of carboxylic acid groups (broad SMARTS) is 1. The Balaban J connectivity index is 1.36. The predicted molar refractivity (Wildman–Crippen MR) is 222 cm³/mol. The summed E-state index contributed by atoms with van der Waals surface area (Å²) in [5, 5.41) is 45.0. The lowest BCUT2D eigenvalue weighted by atomic mass is 9.87. The Hall–Kier alpha value is -3.01. The number of thioether (sulfide) groups is 1. The van der Waals surface area contributed by atoms with Crippen LogP contribution in [0.2, 0.25) is 0 Å². The van der Waals surface area contributed by atoms with Crippen LogP contribution in [0.5, 0.6) is 0 Å². The van der Waals surface area contributed by atoms with Crippen LogP contribution in [-0.4, -0.2) is 145 Å². The Kier molecular flexibility index (Phi) is 21.8. The molecule has 0 bridgehead atoms. The second-order valence-electron chi connectivity index (χ2n) is 15.2. The number of carbonyl (C=O) groups is 4. The standard InChI is InChI=1S/C33H56N7O20P3S/c1-33(2,28(47)31(48)36-13-12-22(42)35-14-15-64-24(45)11-7-9-20(41)8-5-3-4-6-10-23(43)44)17-57-63(54,55)60-62(52,53)56-16-21-27(59-61(49,50)51)26(46)32(58-21)40-19-39-25-29(34)37-18-38-30(25)40/h18-21,26-28,32,41,46-47H,3-17H2,1-2H3,(H,35,42)(H,36,48)(H,43,44)(H,52,53)(H,54,55)(H2,34,37,38)(H2,49,50,51). The zero-order chi connectivity index (χ0) is 47.9. The van der Waals surface area contributed by atoms with E-state index >= 15 is 0 Å². The Labute approximate surface area is 370 Å². The Morgan fingerprint density at radius 3 is 2.28 bits per heavy atom. The number of nitrogens with one attached hydrogen (secondary N) is 2. The molecule has 27 nitrogen and oxygen atoms in total. The van der Waals surface area contributed by atoms with Gasteiger partial charge in [-0.05, 0) is 25.7 Å². The van der Waals surface area contributed by atoms with Gasteiger partial charge in [-0.15, -0.1) is 0 Å². The van der Waals surface area contributed by atoms with Gasteiger partial charge in [0.15, 0.2) is 22.8 Å². The molecule has 3 heterocycles. The van der Waals surface area contributed by atoms with Gasteiger partial charge < -0.3 is 61.1 Å². The number of hydrogen-bond acceptors (Lipinski definition) is 20. The summed E-state index contributed by atoms with van der Waals surface area (Å²) in [6.07, 6.45) is -2.72. The van der Waals surface area contributed by atoms with E-state index in [1.54, 1.807) is 0 Å². The largest absolute Gasteiger partial charge is 0.481 e. The number of aliphatic hydroxyl groups excluding tert-OH is 3. The third-order valence-electron chi connectivity index (χ3n) is 9.36. The summed E-state index contributed by atoms with van der Waals surface area (Å²) in [6.45, 7) is 0.337. The highest BCUT2D eigenvalue weighted by molar-refractivity contribution is 8.13. The number of ether oxygens (including phenoxy) is 1. The second kappa shape index (κ2) is 25.2. The number of nitrogen functional groups attached to an aromatic ring is 1. The minimum atomic E-state index is -5.59. The molecule has 8 unspecified atom stereocenters. The molecule has 64 heavy (non-hydrogen) atoms. The van der Waals surface area contributed by atoms with E-state index in [2.05, 4.69) is 34.4 Å². The van der Waals surface area contributed by atoms with Gasteiger partial charge in [-0.3, -0.25) is 37.3 Å². The molecule has 0 aromatic carbocycles. The van der Waals surface area contributed by atoms with Crippen molar-refractivity contribution >= 4 is 75.1 Å². The number of carboxylic acids is 1. The molecular formula is C33H56N7O20P3S. The van der Waals surface area contributed by atoms with E-state index in [1.165, 1.54) is 13.8 Å². The van der Waals surface area contributed by atoms with Crippen molar-refractivity contribution in [2.45, 2.75) is 115 Å². The molecule has 8 atom stereocenters. The van der Waals surface area contributed by atoms with E-state index in [0.29, 0.717) is 25.7 Å². The number of carbonyl (C=O) groups excluding carboxylic acids is 3. The molecule has 0 aliphatic carbocycles. The maximum absolute atomic E-state index is 12.7. The minimum absolute atomic E-state index is 0.0211. The van der Waals surface area contributed by atoms with Crippen LogP contribution < -0.4 is 16.4 Å². The van der Waals surface area contributed by atoms with Gasteiger partial charge in [0.1, 0.15) is 36.3 Å². The monoisotopic (exact) mass is 995 g/mol. The van der Waals surface area contributed by atoms with Crippen molar-refractivity contribution < 1.29 is 95.5 Å². The normalized spacial score (nSPS) is 20.9. The molecule has 3 rings (SSSR count). The highest BCUT2D eigenvalue weighted by atomic mass is 32.2. The average Bonchev–Trinajstić information content (AvgIpc) is 3.75. The first kappa shape index (κ1) is 55.3. The van der Waals surface area contributed by atoms with Crippen LogP contribution in [0.1, 0.15) is 84.3 Å². The number of aromatic nitrogens is 4. The molecular weight excluding hydrogens is 939 g/mol. The third-order valence-corrected chi connectivity index (χ3v) is 13.4. The van der Waals surface area contributed by atoms with Gasteiger partial charge >= 0.3 is 29.4 Å². The van der Waals surface area contributed by atoms with Crippen molar-refractivity contribution in [3.8, 4) is 0 Å². The Bertz CT molecular complexity index is 2030. The number of unbranched alkanes of at least 4 members (excludes halogenated alkanes) is 3. The SMILES string of the molecule is CC(C)(COP(=O)(O)OP(=O)(O)OCC1OC(n2cnc3c(N)ncnc32)C(O)C1OP(=O)(O)O)C(O)C(=O)NCCC(=O)NCCSC(=O)CCCC(O)CCCCCCC(=O)O. The molecule has 0 radical (unpaired) electrons. The summed E-state index contributed by atoms with van der Waals surface area (Å²) in [6, 6.07) is 0. The number of aliphatic hydroxyl groups is 3. The first-order valence-corrected chi connectivity index (χ1v) is 25.3. The van der Waals surface area contributed by atoms with Gasteiger partial charge in [0.2, 0.25) is 11.8 Å². The van der Waals surface area contributed by atoms with Gasteiger partial charge in [-0.25, -0.2) is 28.6 Å². The average molecular weight is 996 g/mol. The fourth-order valence-electron chi connectivity index (χ4n) is 6.00. The fraction of sp³-hybridized carbons (Fsp3) is 0.727. The summed E-state index contributed by atoms with van der Waals surface area (Å²) in [4.78, 5) is 98.6. The minimum Gasteiger partial charge on any atom is -0.481 e. The molecule has 12 N–H and O–H groups in total. The summed E-state index contributed by atoms with van der Waals surface area (Å²) < 4.78 is 62.2. The van der Waals surface area contributed by atoms with Crippen LogP contribution in [0.4, 0.5) is 5.82 Å². The number of aliphatic carboxylic acids is 1. The summed E-state index contributed by atoms with van der Waals surface area (Å²) in [7, 11) is -16.5. The molecule has 0 spiro atoms. The van der Waals surface area contributed by atoms with Crippen LogP contribution in [0.3, 0.4) is 0 Å². The van der Waals surface area contributed by atoms with E-state index < -0.39 is 96.6 Å². The lowest BCUT2D eigenvalue weighted by Crippen LogP contribution is -2.46. The van der Waals surface area contributed by atoms with Crippen molar-refractivity contribution in [2.75, 3.05) is 37.8 Å². The number of nitrogens with two attached hydrogens (primary N) is 1. The number of fused-ring (bicyclic) bond motifs is 1. The molecule has 2 aromatic heterocycles. The van der Waals surface area contributed by atoms with E-state index in [-0.39, 0.29) is 60.2 Å². The number of nitrogens with zero attached hydrogens (tertiary/aromatic N) is 4. The second-order valence-corrected chi connectivity index (χ2v) is 20.6. The molecule has 1 fully saturated rings. The first-order valence-electron chi connectivity index (χ1n) is 19.8. The van der Waals surface area contributed by atoms with E-state index in [4.69, 9.17) is 24.6 Å². The van der Waals surface area contributed by atoms with Crippen LogP contribution in [-0.2, 0) is 55.5 Å². The lowest BCUT2D eigenvalue weighted by molar-refractivity contribution is -0.137. The van der Waals surface area contributed by atoms with Gasteiger partial charge in [0.25, 0.3) is 0 Å². The highest BCUT2D eigenvalue weighted by Crippen LogP contribution is 2.61. The van der Waals surface area contributed by atoms with Gasteiger partial charge in [-0.2, -0.15) is 4.31 Å². The predicted octanol–water partition coefficient (Wildman–Crippen LogP) is 0.621. The maximum atomic E-state index is 12.7. The molecule has 31 heteroatoms. The zero-order valence-electron chi connectivity index (χ0n) is 34.8.